The lowest BCUT2D eigenvalue weighted by Gasteiger charge is -2.23. The smallest absolute Gasteiger partial charge is 0.264 e. The zero-order chi connectivity index (χ0) is 17.1. The molecule has 0 saturated heterocycles. The maximum Gasteiger partial charge on any atom is 0.264 e. The molecule has 0 atom stereocenters. The molecule has 5 heteroatoms. The third kappa shape index (κ3) is 3.32. The van der Waals surface area contributed by atoms with Gasteiger partial charge < -0.3 is 9.64 Å². The molecule has 0 aliphatic rings. The molecule has 0 unspecified atom stereocenters. The van der Waals surface area contributed by atoms with E-state index >= 15 is 0 Å². The number of pyridine rings is 1. The number of carbonyl (C=O) groups is 1. The van der Waals surface area contributed by atoms with Gasteiger partial charge in [-0.25, -0.2) is 4.98 Å². The van der Waals surface area contributed by atoms with E-state index < -0.39 is 0 Å². The van der Waals surface area contributed by atoms with Crippen LogP contribution in [0.15, 0.2) is 24.3 Å². The van der Waals surface area contributed by atoms with Crippen molar-refractivity contribution in [1.29, 1.82) is 0 Å². The van der Waals surface area contributed by atoms with Gasteiger partial charge in [-0.1, -0.05) is 23.7 Å². The SMILES string of the molecule is CCN(C(=O)c1c(OC)nc(C)c(Cl)c1C)c1cccc(C)c1. The average molecular weight is 333 g/mol. The predicted octanol–water partition coefficient (Wildman–Crippen LogP) is 4.34. The van der Waals surface area contributed by atoms with E-state index in [0.29, 0.717) is 34.3 Å². The molecule has 0 fully saturated rings. The first-order valence-electron chi connectivity index (χ1n) is 7.49. The van der Waals surface area contributed by atoms with Gasteiger partial charge in [0.25, 0.3) is 5.91 Å². The van der Waals surface area contributed by atoms with Gasteiger partial charge in [0.05, 0.1) is 17.8 Å². The first kappa shape index (κ1) is 17.3. The molecule has 0 aliphatic heterocycles. The molecule has 2 aromatic rings. The highest BCUT2D eigenvalue weighted by Gasteiger charge is 2.25. The van der Waals surface area contributed by atoms with Crippen LogP contribution in [-0.2, 0) is 0 Å². The first-order valence-corrected chi connectivity index (χ1v) is 7.87. The topological polar surface area (TPSA) is 42.4 Å². The number of hydrogen-bond acceptors (Lipinski definition) is 3. The second kappa shape index (κ2) is 7.01. The van der Waals surface area contributed by atoms with E-state index in [4.69, 9.17) is 16.3 Å². The molecule has 1 amide bonds. The quantitative estimate of drug-likeness (QED) is 0.836. The molecule has 0 bridgehead atoms. The zero-order valence-electron chi connectivity index (χ0n) is 14.1. The van der Waals surface area contributed by atoms with E-state index in [1.54, 1.807) is 11.8 Å². The number of nitrogens with zero attached hydrogens (tertiary/aromatic N) is 2. The van der Waals surface area contributed by atoms with E-state index in [-0.39, 0.29) is 5.91 Å². The molecule has 0 saturated carbocycles. The third-order valence-electron chi connectivity index (χ3n) is 3.79. The fraction of sp³-hybridized carbons (Fsp3) is 0.333. The molecule has 4 nitrogen and oxygen atoms in total. The number of aryl methyl sites for hydroxylation is 2. The average Bonchev–Trinajstić information content (AvgIpc) is 2.52. The van der Waals surface area contributed by atoms with Crippen molar-refractivity contribution in [3.63, 3.8) is 0 Å². The molecule has 0 N–H and O–H groups in total. The fourth-order valence-electron chi connectivity index (χ4n) is 2.57. The number of benzene rings is 1. The van der Waals surface area contributed by atoms with Gasteiger partial charge in [0.15, 0.2) is 0 Å². The minimum absolute atomic E-state index is 0.165. The largest absolute Gasteiger partial charge is 0.480 e. The summed E-state index contributed by atoms with van der Waals surface area (Å²) >= 11 is 6.29. The lowest BCUT2D eigenvalue weighted by atomic mass is 10.1. The molecule has 1 heterocycles. The summed E-state index contributed by atoms with van der Waals surface area (Å²) in [4.78, 5) is 19.1. The minimum Gasteiger partial charge on any atom is -0.480 e. The van der Waals surface area contributed by atoms with Crippen molar-refractivity contribution in [3.8, 4) is 5.88 Å². The van der Waals surface area contributed by atoms with Crippen LogP contribution in [0.2, 0.25) is 5.02 Å². The van der Waals surface area contributed by atoms with Crippen molar-refractivity contribution >= 4 is 23.2 Å². The number of amides is 1. The second-order valence-electron chi connectivity index (χ2n) is 5.41. The van der Waals surface area contributed by atoms with Gasteiger partial charge >= 0.3 is 0 Å². The summed E-state index contributed by atoms with van der Waals surface area (Å²) in [6, 6.07) is 7.83. The lowest BCUT2D eigenvalue weighted by Crippen LogP contribution is -2.32. The van der Waals surface area contributed by atoms with Crippen LogP contribution in [0.4, 0.5) is 5.69 Å². The number of anilines is 1. The fourth-order valence-corrected chi connectivity index (χ4v) is 2.71. The highest BCUT2D eigenvalue weighted by molar-refractivity contribution is 6.32. The van der Waals surface area contributed by atoms with Crippen LogP contribution in [-0.4, -0.2) is 24.5 Å². The van der Waals surface area contributed by atoms with E-state index in [0.717, 1.165) is 11.3 Å². The van der Waals surface area contributed by atoms with Gasteiger partial charge in [-0.2, -0.15) is 0 Å². The first-order chi connectivity index (χ1) is 10.9. The summed E-state index contributed by atoms with van der Waals surface area (Å²) < 4.78 is 5.32. The number of rotatable bonds is 4. The molecule has 23 heavy (non-hydrogen) atoms. The molecular formula is C18H21ClN2O2. The highest BCUT2D eigenvalue weighted by Crippen LogP contribution is 2.31. The van der Waals surface area contributed by atoms with Gasteiger partial charge in [-0.05, 0) is 51.0 Å². The van der Waals surface area contributed by atoms with Crippen LogP contribution in [0, 0.1) is 20.8 Å². The maximum absolute atomic E-state index is 13.1. The van der Waals surface area contributed by atoms with Gasteiger partial charge in [-0.3, -0.25) is 4.79 Å². The van der Waals surface area contributed by atoms with Crippen molar-refractivity contribution in [2.75, 3.05) is 18.6 Å². The number of ether oxygens (including phenoxy) is 1. The summed E-state index contributed by atoms with van der Waals surface area (Å²) in [6.07, 6.45) is 0. The van der Waals surface area contributed by atoms with Crippen LogP contribution >= 0.6 is 11.6 Å². The number of hydrogen-bond donors (Lipinski definition) is 0. The molecule has 1 aromatic heterocycles. The summed E-state index contributed by atoms with van der Waals surface area (Å²) in [5.74, 6) is 0.141. The van der Waals surface area contributed by atoms with E-state index in [9.17, 15) is 4.79 Å². The Bertz CT molecular complexity index is 744. The third-order valence-corrected chi connectivity index (χ3v) is 4.34. The van der Waals surface area contributed by atoms with Crippen LogP contribution in [0.5, 0.6) is 5.88 Å². The van der Waals surface area contributed by atoms with Crippen molar-refractivity contribution in [2.45, 2.75) is 27.7 Å². The molecule has 0 radical (unpaired) electrons. The summed E-state index contributed by atoms with van der Waals surface area (Å²) in [5.41, 5.74) is 3.68. The summed E-state index contributed by atoms with van der Waals surface area (Å²) in [6.45, 7) is 8.08. The molecule has 0 spiro atoms. The van der Waals surface area contributed by atoms with Crippen molar-refractivity contribution in [3.05, 3.63) is 51.7 Å². The zero-order valence-corrected chi connectivity index (χ0v) is 14.9. The van der Waals surface area contributed by atoms with E-state index in [1.807, 2.05) is 45.0 Å². The molecule has 2 rings (SSSR count). The standard InChI is InChI=1S/C18H21ClN2O2/c1-6-21(14-9-7-8-11(2)10-14)18(22)15-12(3)16(19)13(4)20-17(15)23-5/h7-10H,6H2,1-5H3. The lowest BCUT2D eigenvalue weighted by molar-refractivity contribution is 0.0984. The Balaban J connectivity index is 2.56. The number of aromatic nitrogens is 1. The summed E-state index contributed by atoms with van der Waals surface area (Å²) in [5, 5.41) is 0.495. The maximum atomic E-state index is 13.1. The van der Waals surface area contributed by atoms with Gasteiger partial charge in [0, 0.05) is 12.2 Å². The van der Waals surface area contributed by atoms with Gasteiger partial charge in [0.1, 0.15) is 5.56 Å². The van der Waals surface area contributed by atoms with Crippen LogP contribution in [0.25, 0.3) is 0 Å². The Labute approximate surface area is 142 Å². The van der Waals surface area contributed by atoms with Gasteiger partial charge in [-0.15, -0.1) is 0 Å². The number of halogens is 1. The Kier molecular flexibility index (Phi) is 5.26. The second-order valence-corrected chi connectivity index (χ2v) is 5.79. The van der Waals surface area contributed by atoms with Gasteiger partial charge in [0.2, 0.25) is 5.88 Å². The predicted molar refractivity (Wildman–Crippen MR) is 93.8 cm³/mol. The number of methoxy groups -OCH3 is 1. The molecule has 122 valence electrons. The van der Waals surface area contributed by atoms with Crippen LogP contribution in [0.3, 0.4) is 0 Å². The Morgan fingerprint density at radius 2 is 2.00 bits per heavy atom. The van der Waals surface area contributed by atoms with Crippen LogP contribution in [0.1, 0.15) is 34.1 Å². The Morgan fingerprint density at radius 3 is 2.57 bits per heavy atom. The minimum atomic E-state index is -0.165. The number of carbonyl (C=O) groups excluding carboxylic acids is 1. The highest BCUT2D eigenvalue weighted by atomic mass is 35.5. The Hall–Kier alpha value is -2.07. The molecular weight excluding hydrogens is 312 g/mol. The molecule has 1 aromatic carbocycles. The van der Waals surface area contributed by atoms with Crippen molar-refractivity contribution in [1.82, 2.24) is 4.98 Å². The monoisotopic (exact) mass is 332 g/mol. The normalized spacial score (nSPS) is 10.5. The summed E-state index contributed by atoms with van der Waals surface area (Å²) in [7, 11) is 1.51. The molecule has 0 aliphatic carbocycles. The Morgan fingerprint density at radius 1 is 1.30 bits per heavy atom. The van der Waals surface area contributed by atoms with E-state index in [1.165, 1.54) is 7.11 Å². The van der Waals surface area contributed by atoms with E-state index in [2.05, 4.69) is 4.98 Å². The van der Waals surface area contributed by atoms with Crippen LogP contribution < -0.4 is 9.64 Å². The van der Waals surface area contributed by atoms with Crippen molar-refractivity contribution < 1.29 is 9.53 Å². The van der Waals surface area contributed by atoms with Crippen molar-refractivity contribution in [2.24, 2.45) is 0 Å².